The molecule has 0 aliphatic heterocycles. The van der Waals surface area contributed by atoms with Crippen molar-refractivity contribution in [3.8, 4) is 0 Å². The third-order valence-corrected chi connectivity index (χ3v) is 3.16. The van der Waals surface area contributed by atoms with E-state index in [1.165, 1.54) is 11.6 Å². The number of nitrogens with zero attached hydrogens (tertiary/aromatic N) is 1. The minimum absolute atomic E-state index is 0.243. The zero-order valence-electron chi connectivity index (χ0n) is 11.3. The van der Waals surface area contributed by atoms with E-state index in [0.717, 1.165) is 12.2 Å². The SMILES string of the molecule is CC(N)c1c(F)cccc1N(C)Cc1ccccc1. The van der Waals surface area contributed by atoms with Crippen molar-refractivity contribution in [3.05, 3.63) is 65.5 Å². The zero-order chi connectivity index (χ0) is 13.8. The third-order valence-electron chi connectivity index (χ3n) is 3.16. The second-order valence-electron chi connectivity index (χ2n) is 4.80. The molecule has 0 aromatic heterocycles. The van der Waals surface area contributed by atoms with Gasteiger partial charge in [-0.05, 0) is 24.6 Å². The number of halogens is 1. The number of rotatable bonds is 4. The Kier molecular flexibility index (Phi) is 4.17. The Morgan fingerprint density at radius 1 is 1.11 bits per heavy atom. The summed E-state index contributed by atoms with van der Waals surface area (Å²) in [4.78, 5) is 2.02. The highest BCUT2D eigenvalue weighted by atomic mass is 19.1. The fraction of sp³-hybridized carbons (Fsp3) is 0.250. The van der Waals surface area contributed by atoms with Gasteiger partial charge in [0.1, 0.15) is 5.82 Å². The summed E-state index contributed by atoms with van der Waals surface area (Å²) in [6.07, 6.45) is 0. The average molecular weight is 258 g/mol. The normalized spacial score (nSPS) is 12.2. The highest BCUT2D eigenvalue weighted by Gasteiger charge is 2.15. The van der Waals surface area contributed by atoms with E-state index in [4.69, 9.17) is 5.73 Å². The van der Waals surface area contributed by atoms with Gasteiger partial charge in [-0.1, -0.05) is 36.4 Å². The number of benzene rings is 2. The van der Waals surface area contributed by atoms with Crippen molar-refractivity contribution in [2.24, 2.45) is 5.73 Å². The third kappa shape index (κ3) is 3.12. The van der Waals surface area contributed by atoms with E-state index in [2.05, 4.69) is 12.1 Å². The summed E-state index contributed by atoms with van der Waals surface area (Å²) in [5.41, 5.74) is 8.48. The molecule has 0 aliphatic carbocycles. The number of anilines is 1. The first-order valence-corrected chi connectivity index (χ1v) is 6.38. The van der Waals surface area contributed by atoms with Crippen LogP contribution in [-0.4, -0.2) is 7.05 Å². The van der Waals surface area contributed by atoms with Crippen molar-refractivity contribution in [2.45, 2.75) is 19.5 Å². The van der Waals surface area contributed by atoms with Gasteiger partial charge in [-0.15, -0.1) is 0 Å². The van der Waals surface area contributed by atoms with E-state index < -0.39 is 0 Å². The minimum Gasteiger partial charge on any atom is -0.370 e. The van der Waals surface area contributed by atoms with Crippen LogP contribution in [0, 0.1) is 5.82 Å². The van der Waals surface area contributed by atoms with Gasteiger partial charge in [0.2, 0.25) is 0 Å². The number of nitrogens with two attached hydrogens (primary N) is 1. The van der Waals surface area contributed by atoms with E-state index in [9.17, 15) is 4.39 Å². The molecule has 0 amide bonds. The minimum atomic E-state index is -0.325. The second-order valence-corrected chi connectivity index (χ2v) is 4.80. The van der Waals surface area contributed by atoms with Gasteiger partial charge in [-0.3, -0.25) is 0 Å². The maximum atomic E-state index is 13.9. The lowest BCUT2D eigenvalue weighted by Gasteiger charge is -2.24. The molecule has 2 aromatic carbocycles. The van der Waals surface area contributed by atoms with Crippen LogP contribution in [0.3, 0.4) is 0 Å². The molecule has 100 valence electrons. The zero-order valence-corrected chi connectivity index (χ0v) is 11.3. The summed E-state index contributed by atoms with van der Waals surface area (Å²) in [6.45, 7) is 2.53. The van der Waals surface area contributed by atoms with E-state index in [0.29, 0.717) is 5.56 Å². The monoisotopic (exact) mass is 258 g/mol. The molecule has 0 saturated heterocycles. The molecule has 2 rings (SSSR count). The summed E-state index contributed by atoms with van der Waals surface area (Å²) in [5, 5.41) is 0. The van der Waals surface area contributed by atoms with Crippen molar-refractivity contribution in [3.63, 3.8) is 0 Å². The molecule has 1 atom stereocenters. The smallest absolute Gasteiger partial charge is 0.130 e. The highest BCUT2D eigenvalue weighted by molar-refractivity contribution is 5.55. The Balaban J connectivity index is 2.29. The van der Waals surface area contributed by atoms with Gasteiger partial charge in [0.15, 0.2) is 0 Å². The average Bonchev–Trinajstić information content (AvgIpc) is 2.39. The molecule has 0 saturated carbocycles. The summed E-state index contributed by atoms with van der Waals surface area (Å²) in [7, 11) is 1.95. The van der Waals surface area contributed by atoms with Crippen molar-refractivity contribution < 1.29 is 4.39 Å². The first-order valence-electron chi connectivity index (χ1n) is 6.38. The second kappa shape index (κ2) is 5.85. The van der Waals surface area contributed by atoms with Gasteiger partial charge in [-0.2, -0.15) is 0 Å². The predicted octanol–water partition coefficient (Wildman–Crippen LogP) is 3.48. The van der Waals surface area contributed by atoms with E-state index >= 15 is 0 Å². The molecular formula is C16H19FN2. The van der Waals surface area contributed by atoms with E-state index in [1.54, 1.807) is 13.0 Å². The summed E-state index contributed by atoms with van der Waals surface area (Å²) < 4.78 is 13.9. The molecule has 2 N–H and O–H groups in total. The van der Waals surface area contributed by atoms with Crippen LogP contribution in [-0.2, 0) is 6.54 Å². The van der Waals surface area contributed by atoms with E-state index in [1.807, 2.05) is 36.2 Å². The van der Waals surface area contributed by atoms with Crippen LogP contribution < -0.4 is 10.6 Å². The first kappa shape index (κ1) is 13.6. The highest BCUT2D eigenvalue weighted by Crippen LogP contribution is 2.28. The molecular weight excluding hydrogens is 239 g/mol. The molecule has 0 spiro atoms. The van der Waals surface area contributed by atoms with Crippen LogP contribution in [0.1, 0.15) is 24.1 Å². The van der Waals surface area contributed by atoms with Crippen molar-refractivity contribution in [2.75, 3.05) is 11.9 Å². The fourth-order valence-corrected chi connectivity index (χ4v) is 2.25. The lowest BCUT2D eigenvalue weighted by atomic mass is 10.0. The number of hydrogen-bond donors (Lipinski definition) is 1. The van der Waals surface area contributed by atoms with Crippen molar-refractivity contribution in [1.29, 1.82) is 0 Å². The van der Waals surface area contributed by atoms with Crippen LogP contribution >= 0.6 is 0 Å². The van der Waals surface area contributed by atoms with Gasteiger partial charge in [0.25, 0.3) is 0 Å². The maximum absolute atomic E-state index is 13.9. The Labute approximate surface area is 113 Å². The number of hydrogen-bond acceptors (Lipinski definition) is 2. The maximum Gasteiger partial charge on any atom is 0.130 e. The van der Waals surface area contributed by atoms with Crippen LogP contribution in [0.5, 0.6) is 0 Å². The molecule has 0 heterocycles. The van der Waals surface area contributed by atoms with Gasteiger partial charge in [-0.25, -0.2) is 4.39 Å². The standard InChI is InChI=1S/C16H19FN2/c1-12(18)16-14(17)9-6-10-15(16)19(2)11-13-7-4-3-5-8-13/h3-10,12H,11,18H2,1-2H3. The molecule has 2 nitrogen and oxygen atoms in total. The lowest BCUT2D eigenvalue weighted by molar-refractivity contribution is 0.592. The Hall–Kier alpha value is -1.87. The molecule has 0 radical (unpaired) electrons. The Morgan fingerprint density at radius 3 is 2.42 bits per heavy atom. The van der Waals surface area contributed by atoms with Crippen LogP contribution in [0.25, 0.3) is 0 Å². The summed E-state index contributed by atoms with van der Waals surface area (Å²) in [6, 6.07) is 14.9. The van der Waals surface area contributed by atoms with Gasteiger partial charge >= 0.3 is 0 Å². The molecule has 3 heteroatoms. The fourth-order valence-electron chi connectivity index (χ4n) is 2.25. The molecule has 0 bridgehead atoms. The van der Waals surface area contributed by atoms with Gasteiger partial charge in [0, 0.05) is 30.9 Å². The Bertz CT molecular complexity index is 538. The molecule has 0 fully saturated rings. The largest absolute Gasteiger partial charge is 0.370 e. The van der Waals surface area contributed by atoms with Gasteiger partial charge < -0.3 is 10.6 Å². The van der Waals surface area contributed by atoms with Crippen LogP contribution in [0.2, 0.25) is 0 Å². The van der Waals surface area contributed by atoms with Gasteiger partial charge in [0.05, 0.1) is 0 Å². The van der Waals surface area contributed by atoms with Crippen molar-refractivity contribution in [1.82, 2.24) is 0 Å². The lowest BCUT2D eigenvalue weighted by Crippen LogP contribution is -2.21. The summed E-state index contributed by atoms with van der Waals surface area (Å²) in [5.74, 6) is -0.243. The molecule has 19 heavy (non-hydrogen) atoms. The summed E-state index contributed by atoms with van der Waals surface area (Å²) >= 11 is 0. The predicted molar refractivity (Wildman–Crippen MR) is 77.6 cm³/mol. The Morgan fingerprint density at radius 2 is 1.79 bits per heavy atom. The van der Waals surface area contributed by atoms with Crippen LogP contribution in [0.15, 0.2) is 48.5 Å². The van der Waals surface area contributed by atoms with Crippen LogP contribution in [0.4, 0.5) is 10.1 Å². The molecule has 2 aromatic rings. The quantitative estimate of drug-likeness (QED) is 0.909. The molecule has 0 aliphatic rings. The topological polar surface area (TPSA) is 29.3 Å². The first-order chi connectivity index (χ1) is 9.09. The van der Waals surface area contributed by atoms with E-state index in [-0.39, 0.29) is 11.9 Å². The molecule has 1 unspecified atom stereocenters. The van der Waals surface area contributed by atoms with Crippen molar-refractivity contribution >= 4 is 5.69 Å².